The third kappa shape index (κ3) is 3.89. The first-order valence-electron chi connectivity index (χ1n) is 7.47. The SMILES string of the molecule is COc1ccc(-c2noc(CSCc3ccccc3)n2)cc1OC. The standard InChI is InChI=1S/C18H18N2O3S/c1-21-15-9-8-14(10-16(15)22-2)18-19-17(23-20-18)12-24-11-13-6-4-3-5-7-13/h3-10H,11-12H2,1-2H3. The highest BCUT2D eigenvalue weighted by Crippen LogP contribution is 2.31. The predicted octanol–water partition coefficient (Wildman–Crippen LogP) is 4.19. The summed E-state index contributed by atoms with van der Waals surface area (Å²) in [6, 6.07) is 15.9. The second-order valence-corrected chi connectivity index (χ2v) is 6.05. The summed E-state index contributed by atoms with van der Waals surface area (Å²) < 4.78 is 15.9. The fourth-order valence-electron chi connectivity index (χ4n) is 2.24. The maximum absolute atomic E-state index is 5.33. The molecule has 0 aliphatic rings. The van der Waals surface area contributed by atoms with Gasteiger partial charge in [0.25, 0.3) is 0 Å². The topological polar surface area (TPSA) is 57.4 Å². The number of nitrogens with zero attached hydrogens (tertiary/aromatic N) is 2. The quantitative estimate of drug-likeness (QED) is 0.642. The maximum atomic E-state index is 5.33. The third-order valence-corrected chi connectivity index (χ3v) is 4.44. The van der Waals surface area contributed by atoms with Gasteiger partial charge in [-0.2, -0.15) is 4.98 Å². The van der Waals surface area contributed by atoms with Crippen molar-refractivity contribution in [1.29, 1.82) is 0 Å². The number of hydrogen-bond acceptors (Lipinski definition) is 6. The van der Waals surface area contributed by atoms with Crippen LogP contribution in [0.4, 0.5) is 0 Å². The number of hydrogen-bond donors (Lipinski definition) is 0. The zero-order valence-electron chi connectivity index (χ0n) is 13.6. The zero-order valence-corrected chi connectivity index (χ0v) is 14.4. The minimum absolute atomic E-state index is 0.547. The van der Waals surface area contributed by atoms with E-state index in [1.165, 1.54) is 5.56 Å². The molecule has 3 aromatic rings. The highest BCUT2D eigenvalue weighted by Gasteiger charge is 2.12. The first kappa shape index (κ1) is 16.4. The normalized spacial score (nSPS) is 10.6. The Morgan fingerprint density at radius 1 is 0.958 bits per heavy atom. The molecule has 5 nitrogen and oxygen atoms in total. The number of thioether (sulfide) groups is 1. The summed E-state index contributed by atoms with van der Waals surface area (Å²) >= 11 is 1.74. The molecule has 0 saturated heterocycles. The lowest BCUT2D eigenvalue weighted by atomic mass is 10.2. The van der Waals surface area contributed by atoms with Gasteiger partial charge < -0.3 is 14.0 Å². The molecule has 0 N–H and O–H groups in total. The lowest BCUT2D eigenvalue weighted by Gasteiger charge is -2.07. The van der Waals surface area contributed by atoms with E-state index in [4.69, 9.17) is 14.0 Å². The average Bonchev–Trinajstić information content (AvgIpc) is 3.11. The van der Waals surface area contributed by atoms with Gasteiger partial charge in [0.05, 0.1) is 20.0 Å². The Balaban J connectivity index is 1.65. The number of ether oxygens (including phenoxy) is 2. The van der Waals surface area contributed by atoms with E-state index in [1.54, 1.807) is 26.0 Å². The fourth-order valence-corrected chi connectivity index (χ4v) is 3.06. The molecule has 124 valence electrons. The van der Waals surface area contributed by atoms with Crippen molar-refractivity contribution in [2.45, 2.75) is 11.5 Å². The summed E-state index contributed by atoms with van der Waals surface area (Å²) in [5.74, 6) is 4.06. The van der Waals surface area contributed by atoms with E-state index in [1.807, 2.05) is 36.4 Å². The number of aromatic nitrogens is 2. The molecule has 0 amide bonds. The van der Waals surface area contributed by atoms with Crippen LogP contribution >= 0.6 is 11.8 Å². The Kier molecular flexibility index (Phi) is 5.38. The minimum atomic E-state index is 0.547. The second kappa shape index (κ2) is 7.88. The van der Waals surface area contributed by atoms with Crippen molar-refractivity contribution in [3.05, 3.63) is 60.0 Å². The molecule has 0 aliphatic carbocycles. The summed E-state index contributed by atoms with van der Waals surface area (Å²) in [5.41, 5.74) is 2.11. The summed E-state index contributed by atoms with van der Waals surface area (Å²) in [6.07, 6.45) is 0. The van der Waals surface area contributed by atoms with Crippen LogP contribution in [0.3, 0.4) is 0 Å². The molecular formula is C18H18N2O3S. The molecule has 0 saturated carbocycles. The minimum Gasteiger partial charge on any atom is -0.493 e. The van der Waals surface area contributed by atoms with Crippen LogP contribution in [0.25, 0.3) is 11.4 Å². The molecule has 0 atom stereocenters. The number of rotatable bonds is 7. The van der Waals surface area contributed by atoms with E-state index >= 15 is 0 Å². The maximum Gasteiger partial charge on any atom is 0.236 e. The molecule has 1 heterocycles. The van der Waals surface area contributed by atoms with Gasteiger partial charge in [-0.15, -0.1) is 11.8 Å². The monoisotopic (exact) mass is 342 g/mol. The molecule has 6 heteroatoms. The van der Waals surface area contributed by atoms with Crippen molar-refractivity contribution < 1.29 is 14.0 Å². The van der Waals surface area contributed by atoms with Crippen molar-refractivity contribution in [2.24, 2.45) is 0 Å². The molecule has 0 aliphatic heterocycles. The van der Waals surface area contributed by atoms with Crippen molar-refractivity contribution >= 4 is 11.8 Å². The van der Waals surface area contributed by atoms with Crippen molar-refractivity contribution in [2.75, 3.05) is 14.2 Å². The van der Waals surface area contributed by atoms with E-state index in [-0.39, 0.29) is 0 Å². The second-order valence-electron chi connectivity index (χ2n) is 5.06. The number of methoxy groups -OCH3 is 2. The van der Waals surface area contributed by atoms with Crippen LogP contribution in [-0.2, 0) is 11.5 Å². The van der Waals surface area contributed by atoms with Crippen molar-refractivity contribution in [3.63, 3.8) is 0 Å². The highest BCUT2D eigenvalue weighted by atomic mass is 32.2. The summed E-state index contributed by atoms with van der Waals surface area (Å²) in [7, 11) is 3.21. The Morgan fingerprint density at radius 3 is 2.50 bits per heavy atom. The largest absolute Gasteiger partial charge is 0.493 e. The van der Waals surface area contributed by atoms with Gasteiger partial charge in [0.15, 0.2) is 11.5 Å². The van der Waals surface area contributed by atoms with Gasteiger partial charge in [0.1, 0.15) is 0 Å². The average molecular weight is 342 g/mol. The predicted molar refractivity (Wildman–Crippen MR) is 94.3 cm³/mol. The van der Waals surface area contributed by atoms with E-state index in [9.17, 15) is 0 Å². The van der Waals surface area contributed by atoms with E-state index in [0.717, 1.165) is 11.3 Å². The van der Waals surface area contributed by atoms with Crippen LogP contribution in [0.1, 0.15) is 11.5 Å². The Hall–Kier alpha value is -2.47. The van der Waals surface area contributed by atoms with Gasteiger partial charge in [0.2, 0.25) is 11.7 Å². The Bertz CT molecular complexity index is 790. The van der Waals surface area contributed by atoms with Gasteiger partial charge in [-0.05, 0) is 23.8 Å². The lowest BCUT2D eigenvalue weighted by molar-refractivity contribution is 0.355. The third-order valence-electron chi connectivity index (χ3n) is 3.45. The lowest BCUT2D eigenvalue weighted by Crippen LogP contribution is -1.91. The van der Waals surface area contributed by atoms with Crippen LogP contribution < -0.4 is 9.47 Å². The molecule has 24 heavy (non-hydrogen) atoms. The summed E-state index contributed by atoms with van der Waals surface area (Å²) in [6.45, 7) is 0. The molecule has 1 aromatic heterocycles. The molecule has 0 radical (unpaired) electrons. The van der Waals surface area contributed by atoms with Crippen LogP contribution in [0.15, 0.2) is 53.1 Å². The fraction of sp³-hybridized carbons (Fsp3) is 0.222. The Labute approximate surface area is 145 Å². The molecule has 0 unspecified atom stereocenters. The molecule has 3 rings (SSSR count). The number of benzene rings is 2. The van der Waals surface area contributed by atoms with Gasteiger partial charge >= 0.3 is 0 Å². The summed E-state index contributed by atoms with van der Waals surface area (Å²) in [5, 5.41) is 4.05. The Morgan fingerprint density at radius 2 is 1.75 bits per heavy atom. The van der Waals surface area contributed by atoms with Crippen LogP contribution in [0.5, 0.6) is 11.5 Å². The van der Waals surface area contributed by atoms with Gasteiger partial charge in [-0.25, -0.2) is 0 Å². The first-order valence-corrected chi connectivity index (χ1v) is 8.62. The molecule has 0 bridgehead atoms. The summed E-state index contributed by atoms with van der Waals surface area (Å²) in [4.78, 5) is 4.45. The van der Waals surface area contributed by atoms with Crippen LogP contribution in [0.2, 0.25) is 0 Å². The van der Waals surface area contributed by atoms with E-state index < -0.39 is 0 Å². The molecule has 0 spiro atoms. The van der Waals surface area contributed by atoms with Crippen LogP contribution in [-0.4, -0.2) is 24.4 Å². The smallest absolute Gasteiger partial charge is 0.236 e. The van der Waals surface area contributed by atoms with Crippen LogP contribution in [0, 0.1) is 0 Å². The molecule has 2 aromatic carbocycles. The zero-order chi connectivity index (χ0) is 16.8. The first-order chi connectivity index (χ1) is 11.8. The van der Waals surface area contributed by atoms with E-state index in [2.05, 4.69) is 22.3 Å². The van der Waals surface area contributed by atoms with Crippen molar-refractivity contribution in [3.8, 4) is 22.9 Å². The molecule has 0 fully saturated rings. The van der Waals surface area contributed by atoms with E-state index in [0.29, 0.717) is 29.0 Å². The molecular weight excluding hydrogens is 324 g/mol. The van der Waals surface area contributed by atoms with Gasteiger partial charge in [-0.3, -0.25) is 0 Å². The van der Waals surface area contributed by atoms with Gasteiger partial charge in [0, 0.05) is 11.3 Å². The van der Waals surface area contributed by atoms with Gasteiger partial charge in [-0.1, -0.05) is 35.5 Å². The van der Waals surface area contributed by atoms with Crippen molar-refractivity contribution in [1.82, 2.24) is 10.1 Å². The highest BCUT2D eigenvalue weighted by molar-refractivity contribution is 7.97.